The number of thiophene rings is 1. The minimum Gasteiger partial charge on any atom is -0.330 e. The van der Waals surface area contributed by atoms with Gasteiger partial charge in [0.25, 0.3) is 10.0 Å². The van der Waals surface area contributed by atoms with E-state index in [4.69, 9.17) is 5.73 Å². The molecule has 0 aliphatic carbocycles. The van der Waals surface area contributed by atoms with Crippen molar-refractivity contribution in [2.45, 2.75) is 24.5 Å². The Morgan fingerprint density at radius 2 is 1.95 bits per heavy atom. The average molecular weight is 310 g/mol. The molecule has 20 heavy (non-hydrogen) atoms. The Kier molecular flexibility index (Phi) is 4.47. The van der Waals surface area contributed by atoms with Gasteiger partial charge in [0.15, 0.2) is 0 Å². The van der Waals surface area contributed by atoms with E-state index >= 15 is 0 Å². The summed E-state index contributed by atoms with van der Waals surface area (Å²) in [4.78, 5) is 0.980. The number of sulfonamides is 1. The molecule has 0 saturated carbocycles. The van der Waals surface area contributed by atoms with Gasteiger partial charge in [0.05, 0.1) is 5.69 Å². The summed E-state index contributed by atoms with van der Waals surface area (Å²) in [6.45, 7) is 4.33. The van der Waals surface area contributed by atoms with Gasteiger partial charge in [-0.05, 0) is 56.1 Å². The molecule has 2 aromatic rings. The molecule has 0 bridgehead atoms. The molecule has 0 unspecified atom stereocenters. The van der Waals surface area contributed by atoms with Crippen LogP contribution in [0.1, 0.15) is 16.0 Å². The highest BCUT2D eigenvalue weighted by Gasteiger charge is 2.17. The van der Waals surface area contributed by atoms with Gasteiger partial charge in [0, 0.05) is 4.88 Å². The van der Waals surface area contributed by atoms with Gasteiger partial charge < -0.3 is 5.73 Å². The van der Waals surface area contributed by atoms with Crippen molar-refractivity contribution in [3.05, 3.63) is 46.3 Å². The largest absolute Gasteiger partial charge is 0.330 e. The number of nitrogens with one attached hydrogen (secondary N) is 1. The molecule has 1 aromatic heterocycles. The highest BCUT2D eigenvalue weighted by molar-refractivity contribution is 7.94. The lowest BCUT2D eigenvalue weighted by molar-refractivity contribution is 0.603. The first-order chi connectivity index (χ1) is 9.42. The van der Waals surface area contributed by atoms with Crippen molar-refractivity contribution >= 4 is 27.0 Å². The van der Waals surface area contributed by atoms with Crippen LogP contribution in [0, 0.1) is 13.8 Å². The van der Waals surface area contributed by atoms with Crippen molar-refractivity contribution in [1.29, 1.82) is 0 Å². The predicted octanol–water partition coefficient (Wildman–Crippen LogP) is 2.67. The summed E-state index contributed by atoms with van der Waals surface area (Å²) in [5, 5.41) is 0. The van der Waals surface area contributed by atoms with E-state index in [0.717, 1.165) is 16.0 Å². The minimum atomic E-state index is -3.52. The van der Waals surface area contributed by atoms with Crippen molar-refractivity contribution in [1.82, 2.24) is 0 Å². The summed E-state index contributed by atoms with van der Waals surface area (Å²) in [6.07, 6.45) is 0.698. The van der Waals surface area contributed by atoms with Gasteiger partial charge in [0.1, 0.15) is 4.21 Å². The third-order valence-corrected chi connectivity index (χ3v) is 5.93. The molecular formula is C14H18N2O2S2. The quantitative estimate of drug-likeness (QED) is 0.892. The smallest absolute Gasteiger partial charge is 0.271 e. The van der Waals surface area contributed by atoms with Gasteiger partial charge in [-0.2, -0.15) is 0 Å². The second kappa shape index (κ2) is 5.95. The Hall–Kier alpha value is -1.37. The third kappa shape index (κ3) is 3.39. The van der Waals surface area contributed by atoms with Crippen LogP contribution in [0.2, 0.25) is 0 Å². The van der Waals surface area contributed by atoms with E-state index in [1.165, 1.54) is 11.3 Å². The lowest BCUT2D eigenvalue weighted by Crippen LogP contribution is -2.12. The van der Waals surface area contributed by atoms with E-state index in [9.17, 15) is 8.42 Å². The summed E-state index contributed by atoms with van der Waals surface area (Å²) < 4.78 is 27.7. The fraction of sp³-hybridized carbons (Fsp3) is 0.286. The summed E-state index contributed by atoms with van der Waals surface area (Å²) >= 11 is 1.26. The van der Waals surface area contributed by atoms with Crippen molar-refractivity contribution in [3.8, 4) is 0 Å². The van der Waals surface area contributed by atoms with Crippen LogP contribution in [0.4, 0.5) is 5.69 Å². The Morgan fingerprint density at radius 1 is 1.20 bits per heavy atom. The standard InChI is InChI=1S/C14H18N2O2S2/c1-10-3-4-11(2)13(9-10)16-20(17,18)14-6-5-12(19-14)7-8-15/h3-6,9,16H,7-8,15H2,1-2H3. The first-order valence-corrected chi connectivity index (χ1v) is 8.61. The van der Waals surface area contributed by atoms with Crippen LogP contribution in [0.25, 0.3) is 0 Å². The van der Waals surface area contributed by atoms with Crippen LogP contribution < -0.4 is 10.5 Å². The second-order valence-corrected chi connectivity index (χ2v) is 7.76. The van der Waals surface area contributed by atoms with Gasteiger partial charge >= 0.3 is 0 Å². The molecular weight excluding hydrogens is 292 g/mol. The molecule has 6 heteroatoms. The Balaban J connectivity index is 2.28. The fourth-order valence-corrected chi connectivity index (χ4v) is 4.31. The zero-order valence-corrected chi connectivity index (χ0v) is 13.1. The van der Waals surface area contributed by atoms with Crippen LogP contribution in [0.15, 0.2) is 34.5 Å². The van der Waals surface area contributed by atoms with Crippen molar-refractivity contribution in [3.63, 3.8) is 0 Å². The van der Waals surface area contributed by atoms with E-state index in [-0.39, 0.29) is 0 Å². The zero-order chi connectivity index (χ0) is 14.8. The van der Waals surface area contributed by atoms with E-state index < -0.39 is 10.0 Å². The summed E-state index contributed by atoms with van der Waals surface area (Å²) in [5.41, 5.74) is 8.02. The molecule has 108 valence electrons. The van der Waals surface area contributed by atoms with Crippen molar-refractivity contribution in [2.24, 2.45) is 5.73 Å². The molecule has 0 aliphatic heterocycles. The lowest BCUT2D eigenvalue weighted by atomic mass is 10.1. The molecule has 0 atom stereocenters. The number of anilines is 1. The predicted molar refractivity (Wildman–Crippen MR) is 83.8 cm³/mol. The normalized spacial score (nSPS) is 11.6. The van der Waals surface area contributed by atoms with Crippen molar-refractivity contribution in [2.75, 3.05) is 11.3 Å². The summed E-state index contributed by atoms with van der Waals surface area (Å²) in [7, 11) is -3.52. The molecule has 0 spiro atoms. The zero-order valence-electron chi connectivity index (χ0n) is 11.5. The van der Waals surface area contributed by atoms with E-state index in [2.05, 4.69) is 4.72 Å². The number of benzene rings is 1. The van der Waals surface area contributed by atoms with Crippen molar-refractivity contribution < 1.29 is 8.42 Å². The number of aryl methyl sites for hydroxylation is 2. The fourth-order valence-electron chi connectivity index (χ4n) is 1.82. The molecule has 0 fully saturated rings. The molecule has 4 nitrogen and oxygen atoms in total. The molecule has 0 radical (unpaired) electrons. The maximum absolute atomic E-state index is 12.4. The second-order valence-electron chi connectivity index (χ2n) is 4.68. The molecule has 0 saturated heterocycles. The number of hydrogen-bond acceptors (Lipinski definition) is 4. The summed E-state index contributed by atoms with van der Waals surface area (Å²) in [6, 6.07) is 9.14. The third-order valence-electron chi connectivity index (χ3n) is 2.93. The van der Waals surface area contributed by atoms with Crippen LogP contribution in [0.3, 0.4) is 0 Å². The van der Waals surface area contributed by atoms with Gasteiger partial charge in [0.2, 0.25) is 0 Å². The van der Waals surface area contributed by atoms with Gasteiger partial charge in [-0.3, -0.25) is 4.72 Å². The SMILES string of the molecule is Cc1ccc(C)c(NS(=O)(=O)c2ccc(CCN)s2)c1. The van der Waals surface area contributed by atoms with E-state index in [1.807, 2.05) is 38.1 Å². The maximum atomic E-state index is 12.4. The lowest BCUT2D eigenvalue weighted by Gasteiger charge is -2.10. The molecule has 2 rings (SSSR count). The highest BCUT2D eigenvalue weighted by Crippen LogP contribution is 2.26. The molecule has 1 aromatic carbocycles. The Labute approximate surface area is 123 Å². The highest BCUT2D eigenvalue weighted by atomic mass is 32.2. The Morgan fingerprint density at radius 3 is 2.65 bits per heavy atom. The van der Waals surface area contributed by atoms with E-state index in [0.29, 0.717) is 22.9 Å². The number of hydrogen-bond donors (Lipinski definition) is 2. The van der Waals surface area contributed by atoms with Gasteiger partial charge in [-0.1, -0.05) is 12.1 Å². The topological polar surface area (TPSA) is 72.2 Å². The van der Waals surface area contributed by atoms with Crippen LogP contribution in [0.5, 0.6) is 0 Å². The molecule has 1 heterocycles. The summed E-state index contributed by atoms with van der Waals surface area (Å²) in [5.74, 6) is 0. The number of nitrogens with two attached hydrogens (primary N) is 1. The van der Waals surface area contributed by atoms with Gasteiger partial charge in [-0.25, -0.2) is 8.42 Å². The van der Waals surface area contributed by atoms with E-state index in [1.54, 1.807) is 6.07 Å². The first-order valence-electron chi connectivity index (χ1n) is 6.31. The maximum Gasteiger partial charge on any atom is 0.271 e. The molecule has 0 aliphatic rings. The minimum absolute atomic E-state index is 0.321. The van der Waals surface area contributed by atoms with Crippen LogP contribution >= 0.6 is 11.3 Å². The monoisotopic (exact) mass is 310 g/mol. The molecule has 3 N–H and O–H groups in total. The number of rotatable bonds is 5. The van der Waals surface area contributed by atoms with Gasteiger partial charge in [-0.15, -0.1) is 11.3 Å². The molecule has 0 amide bonds. The van der Waals surface area contributed by atoms with Crippen LogP contribution in [-0.4, -0.2) is 15.0 Å². The van der Waals surface area contributed by atoms with Crippen LogP contribution in [-0.2, 0) is 16.4 Å². The Bertz CT molecular complexity index is 706. The average Bonchev–Trinajstić information content (AvgIpc) is 2.83. The first kappa shape index (κ1) is 15.0.